The average Bonchev–Trinajstić information content (AvgIpc) is 2.94. The van der Waals surface area contributed by atoms with Crippen molar-refractivity contribution < 1.29 is 4.74 Å². The second kappa shape index (κ2) is 7.49. The maximum Gasteiger partial charge on any atom is 0.134 e. The van der Waals surface area contributed by atoms with Gasteiger partial charge in [-0.3, -0.25) is 4.90 Å². The van der Waals surface area contributed by atoms with Crippen LogP contribution in [0.5, 0.6) is 5.75 Å². The molecule has 0 radical (unpaired) electrons. The van der Waals surface area contributed by atoms with E-state index in [0.29, 0.717) is 6.54 Å². The molecule has 1 unspecified atom stereocenters. The van der Waals surface area contributed by atoms with E-state index in [9.17, 15) is 0 Å². The number of benzene rings is 1. The first-order valence-electron chi connectivity index (χ1n) is 7.72. The van der Waals surface area contributed by atoms with Crippen LogP contribution in [-0.2, 0) is 6.54 Å². The quantitative estimate of drug-likeness (QED) is 0.864. The highest BCUT2D eigenvalue weighted by Crippen LogP contribution is 2.26. The van der Waals surface area contributed by atoms with E-state index in [2.05, 4.69) is 42.7 Å². The van der Waals surface area contributed by atoms with E-state index in [-0.39, 0.29) is 0 Å². The third-order valence-electron chi connectivity index (χ3n) is 4.25. The molecule has 1 heterocycles. The van der Waals surface area contributed by atoms with Crippen molar-refractivity contribution in [1.82, 2.24) is 4.90 Å². The molecule has 0 saturated carbocycles. The zero-order valence-corrected chi connectivity index (χ0v) is 13.4. The standard InChI is InChI=1S/C18H26N2O/c1-14(2)17-8-10-20(13-17)12-15-6-7-18(21-3)16(11-15)5-4-9-19/h6-7,11,14,17H,8-10,12-13,19H2,1-3H3. The molecule has 0 amide bonds. The van der Waals surface area contributed by atoms with Crippen LogP contribution >= 0.6 is 0 Å². The molecule has 0 aliphatic carbocycles. The summed E-state index contributed by atoms with van der Waals surface area (Å²) < 4.78 is 5.36. The Morgan fingerprint density at radius 1 is 1.43 bits per heavy atom. The summed E-state index contributed by atoms with van der Waals surface area (Å²) in [6.45, 7) is 8.40. The number of rotatable bonds is 4. The molecule has 1 saturated heterocycles. The van der Waals surface area contributed by atoms with Gasteiger partial charge in [0.15, 0.2) is 0 Å². The molecule has 2 N–H and O–H groups in total. The van der Waals surface area contributed by atoms with Crippen LogP contribution in [0.15, 0.2) is 18.2 Å². The zero-order chi connectivity index (χ0) is 15.2. The van der Waals surface area contributed by atoms with Crippen LogP contribution in [0.1, 0.15) is 31.4 Å². The fourth-order valence-electron chi connectivity index (χ4n) is 2.91. The Kier molecular flexibility index (Phi) is 5.67. The second-order valence-electron chi connectivity index (χ2n) is 6.07. The molecule has 0 spiro atoms. The molecular weight excluding hydrogens is 260 g/mol. The number of methoxy groups -OCH3 is 1. The largest absolute Gasteiger partial charge is 0.495 e. The van der Waals surface area contributed by atoms with Crippen molar-refractivity contribution in [2.24, 2.45) is 17.6 Å². The van der Waals surface area contributed by atoms with Crippen LogP contribution in [0, 0.1) is 23.7 Å². The Bertz CT molecular complexity index is 528. The molecule has 1 aromatic rings. The Morgan fingerprint density at radius 3 is 2.86 bits per heavy atom. The van der Waals surface area contributed by atoms with Crippen LogP contribution in [0.25, 0.3) is 0 Å². The van der Waals surface area contributed by atoms with Gasteiger partial charge in [0.25, 0.3) is 0 Å². The molecule has 0 aromatic heterocycles. The van der Waals surface area contributed by atoms with Crippen LogP contribution in [0.2, 0.25) is 0 Å². The van der Waals surface area contributed by atoms with Crippen molar-refractivity contribution in [3.05, 3.63) is 29.3 Å². The lowest BCUT2D eigenvalue weighted by molar-refractivity contribution is 0.296. The highest BCUT2D eigenvalue weighted by Gasteiger charge is 2.24. The SMILES string of the molecule is COc1ccc(CN2CCC(C(C)C)C2)cc1C#CCN. The number of hydrogen-bond donors (Lipinski definition) is 1. The highest BCUT2D eigenvalue weighted by atomic mass is 16.5. The van der Waals surface area contributed by atoms with Gasteiger partial charge < -0.3 is 10.5 Å². The van der Waals surface area contributed by atoms with Gasteiger partial charge in [-0.1, -0.05) is 31.8 Å². The third-order valence-corrected chi connectivity index (χ3v) is 4.25. The van der Waals surface area contributed by atoms with Gasteiger partial charge in [-0.25, -0.2) is 0 Å². The predicted molar refractivity (Wildman–Crippen MR) is 87.1 cm³/mol. The summed E-state index contributed by atoms with van der Waals surface area (Å²) in [4.78, 5) is 2.53. The van der Waals surface area contributed by atoms with E-state index in [0.717, 1.165) is 29.7 Å². The van der Waals surface area contributed by atoms with E-state index >= 15 is 0 Å². The zero-order valence-electron chi connectivity index (χ0n) is 13.4. The van der Waals surface area contributed by atoms with Crippen LogP contribution < -0.4 is 10.5 Å². The summed E-state index contributed by atoms with van der Waals surface area (Å²) in [6.07, 6.45) is 1.31. The summed E-state index contributed by atoms with van der Waals surface area (Å²) in [7, 11) is 1.68. The Morgan fingerprint density at radius 2 is 2.24 bits per heavy atom. The second-order valence-corrected chi connectivity index (χ2v) is 6.07. The monoisotopic (exact) mass is 286 g/mol. The lowest BCUT2D eigenvalue weighted by Crippen LogP contribution is -2.21. The lowest BCUT2D eigenvalue weighted by atomic mass is 9.95. The molecule has 1 aliphatic rings. The normalized spacial score (nSPS) is 18.6. The van der Waals surface area contributed by atoms with Gasteiger partial charge >= 0.3 is 0 Å². The summed E-state index contributed by atoms with van der Waals surface area (Å²) in [5, 5.41) is 0. The maximum absolute atomic E-state index is 5.46. The first-order chi connectivity index (χ1) is 10.1. The van der Waals surface area contributed by atoms with Gasteiger partial charge in [0.05, 0.1) is 19.2 Å². The summed E-state index contributed by atoms with van der Waals surface area (Å²) in [6, 6.07) is 6.27. The molecule has 3 heteroatoms. The van der Waals surface area contributed by atoms with Gasteiger partial charge in [0.1, 0.15) is 5.75 Å². The van der Waals surface area contributed by atoms with Crippen molar-refractivity contribution in [2.75, 3.05) is 26.7 Å². The molecule has 0 bridgehead atoms. The fourth-order valence-corrected chi connectivity index (χ4v) is 2.91. The Hall–Kier alpha value is -1.50. The minimum atomic E-state index is 0.371. The summed E-state index contributed by atoms with van der Waals surface area (Å²) in [5.74, 6) is 8.43. The van der Waals surface area contributed by atoms with E-state index in [1.165, 1.54) is 25.1 Å². The predicted octanol–water partition coefficient (Wildman–Crippen LogP) is 2.48. The topological polar surface area (TPSA) is 38.5 Å². The van der Waals surface area contributed by atoms with E-state index in [1.807, 2.05) is 6.07 Å². The fraction of sp³-hybridized carbons (Fsp3) is 0.556. The smallest absolute Gasteiger partial charge is 0.134 e. The van der Waals surface area contributed by atoms with Crippen molar-refractivity contribution in [3.8, 4) is 17.6 Å². The van der Waals surface area contributed by atoms with Crippen LogP contribution in [-0.4, -0.2) is 31.6 Å². The van der Waals surface area contributed by atoms with Crippen molar-refractivity contribution in [1.29, 1.82) is 0 Å². The van der Waals surface area contributed by atoms with E-state index < -0.39 is 0 Å². The summed E-state index contributed by atoms with van der Waals surface area (Å²) >= 11 is 0. The molecule has 1 aromatic carbocycles. The minimum absolute atomic E-state index is 0.371. The molecule has 1 atom stereocenters. The molecule has 2 rings (SSSR count). The van der Waals surface area contributed by atoms with E-state index in [1.54, 1.807) is 7.11 Å². The van der Waals surface area contributed by atoms with Crippen molar-refractivity contribution in [2.45, 2.75) is 26.8 Å². The molecule has 114 valence electrons. The average molecular weight is 286 g/mol. The summed E-state index contributed by atoms with van der Waals surface area (Å²) in [5.41, 5.74) is 7.68. The first kappa shape index (κ1) is 15.9. The van der Waals surface area contributed by atoms with Gasteiger partial charge in [0.2, 0.25) is 0 Å². The number of nitrogens with two attached hydrogens (primary N) is 1. The molecule has 1 aliphatic heterocycles. The van der Waals surface area contributed by atoms with Crippen LogP contribution in [0.4, 0.5) is 0 Å². The number of ether oxygens (including phenoxy) is 1. The molecule has 21 heavy (non-hydrogen) atoms. The van der Waals surface area contributed by atoms with Crippen LogP contribution in [0.3, 0.4) is 0 Å². The number of hydrogen-bond acceptors (Lipinski definition) is 3. The van der Waals surface area contributed by atoms with Gasteiger partial charge in [-0.15, -0.1) is 0 Å². The van der Waals surface area contributed by atoms with Gasteiger partial charge in [0, 0.05) is 13.1 Å². The maximum atomic E-state index is 5.46. The van der Waals surface area contributed by atoms with E-state index in [4.69, 9.17) is 10.5 Å². The minimum Gasteiger partial charge on any atom is -0.495 e. The van der Waals surface area contributed by atoms with Crippen molar-refractivity contribution in [3.63, 3.8) is 0 Å². The molecular formula is C18H26N2O. The highest BCUT2D eigenvalue weighted by molar-refractivity contribution is 5.48. The first-order valence-corrected chi connectivity index (χ1v) is 7.72. The lowest BCUT2D eigenvalue weighted by Gasteiger charge is -2.18. The molecule has 1 fully saturated rings. The van der Waals surface area contributed by atoms with Gasteiger partial charge in [-0.2, -0.15) is 0 Å². The molecule has 3 nitrogen and oxygen atoms in total. The Labute approximate surface area is 128 Å². The van der Waals surface area contributed by atoms with Gasteiger partial charge in [-0.05, 0) is 42.5 Å². The Balaban J connectivity index is 2.07. The number of nitrogens with zero attached hydrogens (tertiary/aromatic N) is 1. The van der Waals surface area contributed by atoms with Crippen molar-refractivity contribution >= 4 is 0 Å². The number of likely N-dealkylation sites (tertiary alicyclic amines) is 1. The third kappa shape index (κ3) is 4.23.